The molecule has 0 radical (unpaired) electrons. The predicted octanol–water partition coefficient (Wildman–Crippen LogP) is 20.8. The SMILES string of the molecule is CC1C=CC=CC1n1c2ccccc2c2c3ccc(-n4c5ccccc5c5cc(-c6cccc(-c7cccc(-c8ccc(C9CCCCC9)cc8)c7)c6)ccc54)cc3n(-c3ccc4oc5ccc(-c6ccccc6)cc5c4c3)c21. The van der Waals surface area contributed by atoms with Gasteiger partial charge in [-0.15, -0.1) is 0 Å². The average Bonchev–Trinajstić information content (AvgIpc) is 4.44. The van der Waals surface area contributed by atoms with E-state index >= 15 is 0 Å². The summed E-state index contributed by atoms with van der Waals surface area (Å²) in [7, 11) is 0. The molecule has 16 rings (SSSR count). The molecule has 4 aromatic heterocycles. The Balaban J connectivity index is 0.844. The van der Waals surface area contributed by atoms with Crippen molar-refractivity contribution in [3.8, 4) is 55.9 Å². The quantitative estimate of drug-likeness (QED) is 0.149. The maximum atomic E-state index is 6.59. The first-order valence-electron chi connectivity index (χ1n) is 28.4. The highest BCUT2D eigenvalue weighted by Gasteiger charge is 2.28. The van der Waals surface area contributed by atoms with Crippen LogP contribution in [0.1, 0.15) is 56.6 Å². The van der Waals surface area contributed by atoms with Crippen LogP contribution < -0.4 is 0 Å². The van der Waals surface area contributed by atoms with Gasteiger partial charge in [0.1, 0.15) is 16.8 Å². The number of para-hydroxylation sites is 2. The Morgan fingerprint density at radius 1 is 0.367 bits per heavy atom. The highest BCUT2D eigenvalue weighted by molar-refractivity contribution is 6.22. The fraction of sp³-hybridized carbons (Fsp3) is 0.120. The molecule has 2 aliphatic carbocycles. The van der Waals surface area contributed by atoms with Gasteiger partial charge in [0.2, 0.25) is 0 Å². The topological polar surface area (TPSA) is 27.9 Å². The summed E-state index contributed by atoms with van der Waals surface area (Å²) in [5.74, 6) is 0.999. The van der Waals surface area contributed by atoms with E-state index in [1.54, 1.807) is 0 Å². The highest BCUT2D eigenvalue weighted by Crippen LogP contribution is 2.46. The minimum absolute atomic E-state index is 0.118. The van der Waals surface area contributed by atoms with E-state index in [2.05, 4.69) is 269 Å². The molecule has 2 atom stereocenters. The van der Waals surface area contributed by atoms with Crippen molar-refractivity contribution < 1.29 is 4.42 Å². The Labute approximate surface area is 459 Å². The zero-order valence-electron chi connectivity index (χ0n) is 44.2. The maximum absolute atomic E-state index is 6.59. The Hall–Kier alpha value is -9.38. The number of hydrogen-bond acceptors (Lipinski definition) is 1. The molecule has 0 bridgehead atoms. The van der Waals surface area contributed by atoms with Gasteiger partial charge in [-0.3, -0.25) is 4.57 Å². The number of benzene rings is 10. The number of hydrogen-bond donors (Lipinski definition) is 0. The normalized spacial score (nSPS) is 16.0. The summed E-state index contributed by atoms with van der Waals surface area (Å²) in [4.78, 5) is 0. The summed E-state index contributed by atoms with van der Waals surface area (Å²) in [5.41, 5.74) is 21.1. The highest BCUT2D eigenvalue weighted by atomic mass is 16.3. The van der Waals surface area contributed by atoms with Gasteiger partial charge < -0.3 is 13.6 Å². The molecule has 10 aromatic carbocycles. The number of allylic oxidation sites excluding steroid dienone is 4. The fourth-order valence-corrected chi connectivity index (χ4v) is 13.8. The molecule has 0 saturated heterocycles. The Morgan fingerprint density at radius 2 is 0.911 bits per heavy atom. The van der Waals surface area contributed by atoms with Gasteiger partial charge in [0, 0.05) is 49.1 Å². The molecular formula is C75H57N3O. The molecule has 14 aromatic rings. The molecule has 4 heterocycles. The molecule has 2 aliphatic rings. The first-order valence-corrected chi connectivity index (χ1v) is 28.4. The fourth-order valence-electron chi connectivity index (χ4n) is 13.8. The van der Waals surface area contributed by atoms with Crippen molar-refractivity contribution in [2.45, 2.75) is 51.0 Å². The summed E-state index contributed by atoms with van der Waals surface area (Å²) in [6.45, 7) is 2.34. The molecule has 0 N–H and O–H groups in total. The summed E-state index contributed by atoms with van der Waals surface area (Å²) in [5, 5.41) is 8.41. The second-order valence-electron chi connectivity index (χ2n) is 22.3. The lowest BCUT2D eigenvalue weighted by atomic mass is 9.83. The molecule has 2 unspecified atom stereocenters. The third kappa shape index (κ3) is 7.49. The number of rotatable bonds is 8. The van der Waals surface area contributed by atoms with Crippen molar-refractivity contribution >= 4 is 76.6 Å². The first-order chi connectivity index (χ1) is 39.1. The molecule has 0 aliphatic heterocycles. The first kappa shape index (κ1) is 45.8. The van der Waals surface area contributed by atoms with E-state index < -0.39 is 0 Å². The number of aromatic nitrogens is 3. The van der Waals surface area contributed by atoms with Gasteiger partial charge in [0.15, 0.2) is 0 Å². The monoisotopic (exact) mass is 1020 g/mol. The molecule has 79 heavy (non-hydrogen) atoms. The lowest BCUT2D eigenvalue weighted by Crippen LogP contribution is -2.16. The Morgan fingerprint density at radius 3 is 1.68 bits per heavy atom. The molecule has 1 fully saturated rings. The predicted molar refractivity (Wildman–Crippen MR) is 332 cm³/mol. The number of fused-ring (bicyclic) bond motifs is 11. The lowest BCUT2D eigenvalue weighted by Gasteiger charge is -2.25. The van der Waals surface area contributed by atoms with Crippen molar-refractivity contribution in [3.63, 3.8) is 0 Å². The van der Waals surface area contributed by atoms with E-state index in [1.165, 1.54) is 131 Å². The van der Waals surface area contributed by atoms with Crippen LogP contribution in [-0.2, 0) is 0 Å². The van der Waals surface area contributed by atoms with Gasteiger partial charge >= 0.3 is 0 Å². The van der Waals surface area contributed by atoms with E-state index in [1.807, 2.05) is 0 Å². The molecule has 378 valence electrons. The second-order valence-corrected chi connectivity index (χ2v) is 22.3. The molecule has 0 spiro atoms. The third-order valence-electron chi connectivity index (χ3n) is 17.7. The van der Waals surface area contributed by atoms with Crippen molar-refractivity contribution in [1.29, 1.82) is 0 Å². The minimum atomic E-state index is 0.118. The lowest BCUT2D eigenvalue weighted by molar-refractivity contribution is 0.443. The Kier molecular flexibility index (Phi) is 10.7. The molecule has 1 saturated carbocycles. The van der Waals surface area contributed by atoms with E-state index in [-0.39, 0.29) is 12.0 Å². The van der Waals surface area contributed by atoms with Crippen LogP contribution in [0.2, 0.25) is 0 Å². The standard InChI is InChI=1S/C75H57N3O/c1-48-16-8-11-27-67(48)78-69-29-13-10-26-62(69)74-63-38-36-60(47-71(63)77(75(74)78)59-37-41-73-66(46-59)65-45-57(35-40-72(65)79-73)50-19-6-3-7-20-50)76-68-28-12-9-25-61(68)64-44-58(34-39-70(64)76)56-24-15-23-55(43-56)54-22-14-21-53(42-54)52-32-30-51(31-33-52)49-17-4-2-5-18-49/h3,6-16,19-49,67H,2,4-5,17-18H2,1H3. The summed E-state index contributed by atoms with van der Waals surface area (Å²) >= 11 is 0. The van der Waals surface area contributed by atoms with Gasteiger partial charge in [0.25, 0.3) is 0 Å². The number of furan rings is 1. The zero-order chi connectivity index (χ0) is 52.1. The second kappa shape index (κ2) is 18.4. The van der Waals surface area contributed by atoms with Crippen LogP contribution in [0.15, 0.2) is 253 Å². The minimum Gasteiger partial charge on any atom is -0.456 e. The van der Waals surface area contributed by atoms with Gasteiger partial charge in [-0.1, -0.05) is 196 Å². The van der Waals surface area contributed by atoms with Crippen LogP contribution in [0.3, 0.4) is 0 Å². The Bertz CT molecular complexity index is 4780. The van der Waals surface area contributed by atoms with E-state index in [4.69, 9.17) is 4.42 Å². The largest absolute Gasteiger partial charge is 0.456 e. The van der Waals surface area contributed by atoms with Crippen LogP contribution in [0.4, 0.5) is 0 Å². The van der Waals surface area contributed by atoms with Crippen molar-refractivity contribution in [2.24, 2.45) is 5.92 Å². The molecule has 0 amide bonds. The van der Waals surface area contributed by atoms with Crippen LogP contribution in [0, 0.1) is 5.92 Å². The summed E-state index contributed by atoms with van der Waals surface area (Å²) in [6, 6.07) is 83.8. The maximum Gasteiger partial charge on any atom is 0.135 e. The zero-order valence-corrected chi connectivity index (χ0v) is 44.2. The summed E-state index contributed by atoms with van der Waals surface area (Å²) < 4.78 is 14.2. The van der Waals surface area contributed by atoms with Crippen molar-refractivity contribution in [2.75, 3.05) is 0 Å². The van der Waals surface area contributed by atoms with Crippen LogP contribution >= 0.6 is 0 Å². The molecular weight excluding hydrogens is 959 g/mol. The molecule has 4 nitrogen and oxygen atoms in total. The van der Waals surface area contributed by atoms with Crippen molar-refractivity contribution in [3.05, 3.63) is 254 Å². The summed E-state index contributed by atoms with van der Waals surface area (Å²) in [6.07, 6.45) is 15.8. The van der Waals surface area contributed by atoms with Crippen molar-refractivity contribution in [1.82, 2.24) is 13.7 Å². The van der Waals surface area contributed by atoms with Gasteiger partial charge in [0.05, 0.1) is 28.1 Å². The smallest absolute Gasteiger partial charge is 0.135 e. The number of nitrogens with zero attached hydrogens (tertiary/aromatic N) is 3. The third-order valence-corrected chi connectivity index (χ3v) is 17.7. The van der Waals surface area contributed by atoms with Crippen LogP contribution in [0.5, 0.6) is 0 Å². The van der Waals surface area contributed by atoms with Gasteiger partial charge in [-0.25, -0.2) is 0 Å². The average molecular weight is 1020 g/mol. The molecule has 4 heteroatoms. The van der Waals surface area contributed by atoms with Crippen LogP contribution in [-0.4, -0.2) is 13.7 Å². The van der Waals surface area contributed by atoms with Gasteiger partial charge in [-0.2, -0.15) is 0 Å². The van der Waals surface area contributed by atoms with E-state index in [0.29, 0.717) is 5.92 Å². The van der Waals surface area contributed by atoms with Crippen LogP contribution in [0.25, 0.3) is 132 Å². The van der Waals surface area contributed by atoms with E-state index in [0.717, 1.165) is 38.8 Å². The van der Waals surface area contributed by atoms with Gasteiger partial charge in [-0.05, 0) is 154 Å². The van der Waals surface area contributed by atoms with E-state index in [9.17, 15) is 0 Å².